The lowest BCUT2D eigenvalue weighted by atomic mass is 9.90. The van der Waals surface area contributed by atoms with Gasteiger partial charge in [-0.25, -0.2) is 0 Å². The molecule has 23 heavy (non-hydrogen) atoms. The quantitative estimate of drug-likeness (QED) is 0.911. The van der Waals surface area contributed by atoms with Crippen LogP contribution in [-0.2, 0) is 33.6 Å². The molecular weight excluding hydrogens is 292 g/mol. The average molecular weight is 316 g/mol. The first-order chi connectivity index (χ1) is 11.0. The summed E-state index contributed by atoms with van der Waals surface area (Å²) >= 11 is 0. The van der Waals surface area contributed by atoms with Gasteiger partial charge in [0.2, 0.25) is 5.91 Å². The van der Waals surface area contributed by atoms with Crippen LogP contribution in [0, 0.1) is 0 Å². The van der Waals surface area contributed by atoms with Crippen molar-refractivity contribution in [3.8, 4) is 0 Å². The van der Waals surface area contributed by atoms with E-state index in [1.807, 2.05) is 0 Å². The van der Waals surface area contributed by atoms with Crippen molar-refractivity contribution >= 4 is 11.8 Å². The number of primary amides is 1. The van der Waals surface area contributed by atoms with E-state index < -0.39 is 11.5 Å². The number of fused-ring (bicyclic) bond motifs is 1. The summed E-state index contributed by atoms with van der Waals surface area (Å²) in [6, 6.07) is 6.37. The topological polar surface area (TPSA) is 72.6 Å². The number of nitrogens with zero attached hydrogens (tertiary/aromatic N) is 1. The van der Waals surface area contributed by atoms with Gasteiger partial charge in [0, 0.05) is 6.54 Å². The first-order valence-electron chi connectivity index (χ1n) is 8.30. The van der Waals surface area contributed by atoms with Crippen molar-refractivity contribution in [3.63, 3.8) is 0 Å². The molecule has 1 atom stereocenters. The highest BCUT2D eigenvalue weighted by atomic mass is 16.5. The fraction of sp³-hybridized carbons (Fsp3) is 0.556. The summed E-state index contributed by atoms with van der Waals surface area (Å²) in [6.07, 6.45) is 5.09. The number of hydrogen-bond acceptors (Lipinski definition) is 3. The molecule has 0 aromatic heterocycles. The van der Waals surface area contributed by atoms with Crippen LogP contribution in [0.3, 0.4) is 0 Å². The molecule has 2 amide bonds. The molecule has 0 radical (unpaired) electrons. The molecule has 124 valence electrons. The van der Waals surface area contributed by atoms with Gasteiger partial charge in [0.25, 0.3) is 5.91 Å². The van der Waals surface area contributed by atoms with E-state index in [0.29, 0.717) is 19.6 Å². The number of ether oxygens (including phenoxy) is 1. The van der Waals surface area contributed by atoms with E-state index in [2.05, 4.69) is 18.2 Å². The standard InChI is InChI=1S/C18H24N2O3/c1-18(17(19)22)12-20(8-9-23-18)16(21)11-13-6-7-14-4-2-3-5-15(14)10-13/h6-7,10H,2-5,8-9,11-12H2,1H3,(H2,19,22)/t18-/m1/s1. The Labute approximate surface area is 136 Å². The Morgan fingerprint density at radius 2 is 2.00 bits per heavy atom. The van der Waals surface area contributed by atoms with Crippen LogP contribution in [-0.4, -0.2) is 42.0 Å². The van der Waals surface area contributed by atoms with E-state index in [9.17, 15) is 9.59 Å². The number of benzene rings is 1. The van der Waals surface area contributed by atoms with E-state index in [-0.39, 0.29) is 12.5 Å². The summed E-state index contributed by atoms with van der Waals surface area (Å²) in [6.45, 7) is 2.72. The monoisotopic (exact) mass is 316 g/mol. The summed E-state index contributed by atoms with van der Waals surface area (Å²) < 4.78 is 5.46. The second-order valence-corrected chi connectivity index (χ2v) is 6.75. The zero-order valence-electron chi connectivity index (χ0n) is 13.6. The van der Waals surface area contributed by atoms with Gasteiger partial charge in [-0.05, 0) is 49.3 Å². The highest BCUT2D eigenvalue weighted by Crippen LogP contribution is 2.23. The van der Waals surface area contributed by atoms with Gasteiger partial charge in [0.1, 0.15) is 0 Å². The lowest BCUT2D eigenvalue weighted by molar-refractivity contribution is -0.160. The second kappa shape index (κ2) is 6.32. The number of amides is 2. The molecule has 5 nitrogen and oxygen atoms in total. The number of carbonyl (C=O) groups excluding carboxylic acids is 2. The van der Waals surface area contributed by atoms with Crippen LogP contribution >= 0.6 is 0 Å². The summed E-state index contributed by atoms with van der Waals surface area (Å²) in [5.41, 5.74) is 8.15. The molecule has 1 aliphatic carbocycles. The Balaban J connectivity index is 1.68. The van der Waals surface area contributed by atoms with Gasteiger partial charge in [-0.3, -0.25) is 9.59 Å². The van der Waals surface area contributed by atoms with Gasteiger partial charge in [-0.1, -0.05) is 18.2 Å². The minimum absolute atomic E-state index is 0.0246. The van der Waals surface area contributed by atoms with Crippen molar-refractivity contribution in [1.82, 2.24) is 4.90 Å². The van der Waals surface area contributed by atoms with Gasteiger partial charge >= 0.3 is 0 Å². The van der Waals surface area contributed by atoms with E-state index in [4.69, 9.17) is 10.5 Å². The maximum absolute atomic E-state index is 12.6. The lowest BCUT2D eigenvalue weighted by Gasteiger charge is -2.38. The molecule has 3 rings (SSSR count). The number of aryl methyl sites for hydroxylation is 2. The summed E-state index contributed by atoms with van der Waals surface area (Å²) in [5.74, 6) is -0.500. The minimum atomic E-state index is -1.08. The molecular formula is C18H24N2O3. The fourth-order valence-corrected chi connectivity index (χ4v) is 3.42. The van der Waals surface area contributed by atoms with Crippen molar-refractivity contribution in [2.24, 2.45) is 5.73 Å². The van der Waals surface area contributed by atoms with Crippen molar-refractivity contribution in [2.75, 3.05) is 19.7 Å². The highest BCUT2D eigenvalue weighted by molar-refractivity contribution is 5.85. The van der Waals surface area contributed by atoms with E-state index in [0.717, 1.165) is 18.4 Å². The number of hydrogen-bond donors (Lipinski definition) is 1. The Kier molecular flexibility index (Phi) is 4.39. The molecule has 1 heterocycles. The zero-order valence-corrected chi connectivity index (χ0v) is 13.6. The first kappa shape index (κ1) is 16.0. The molecule has 0 saturated carbocycles. The third-order valence-corrected chi connectivity index (χ3v) is 4.92. The highest BCUT2D eigenvalue weighted by Gasteiger charge is 2.39. The van der Waals surface area contributed by atoms with Crippen LogP contribution in [0.5, 0.6) is 0 Å². The first-order valence-corrected chi connectivity index (χ1v) is 8.30. The average Bonchev–Trinajstić information content (AvgIpc) is 2.54. The van der Waals surface area contributed by atoms with E-state index in [1.165, 1.54) is 24.0 Å². The van der Waals surface area contributed by atoms with Crippen LogP contribution in [0.15, 0.2) is 18.2 Å². The number of nitrogens with two attached hydrogens (primary N) is 1. The number of rotatable bonds is 3. The molecule has 1 fully saturated rings. The maximum Gasteiger partial charge on any atom is 0.251 e. The van der Waals surface area contributed by atoms with Crippen LogP contribution in [0.2, 0.25) is 0 Å². The summed E-state index contributed by atoms with van der Waals surface area (Å²) in [5, 5.41) is 0. The van der Waals surface area contributed by atoms with Gasteiger partial charge < -0.3 is 15.4 Å². The Bertz CT molecular complexity index is 629. The summed E-state index contributed by atoms with van der Waals surface area (Å²) in [4.78, 5) is 25.8. The lowest BCUT2D eigenvalue weighted by Crippen LogP contribution is -2.58. The molecule has 0 bridgehead atoms. The predicted octanol–water partition coefficient (Wildman–Crippen LogP) is 1.21. The van der Waals surface area contributed by atoms with Crippen molar-refractivity contribution in [1.29, 1.82) is 0 Å². The fourth-order valence-electron chi connectivity index (χ4n) is 3.42. The normalized spacial score (nSPS) is 24.1. The van der Waals surface area contributed by atoms with Gasteiger partial charge in [0.05, 0.1) is 19.6 Å². The molecule has 1 saturated heterocycles. The van der Waals surface area contributed by atoms with Crippen LogP contribution in [0.4, 0.5) is 0 Å². The van der Waals surface area contributed by atoms with Crippen molar-refractivity contribution < 1.29 is 14.3 Å². The molecule has 2 aliphatic rings. The zero-order chi connectivity index (χ0) is 16.4. The Morgan fingerprint density at radius 1 is 1.26 bits per heavy atom. The predicted molar refractivity (Wildman–Crippen MR) is 86.9 cm³/mol. The molecule has 1 aromatic rings. The summed E-state index contributed by atoms with van der Waals surface area (Å²) in [7, 11) is 0. The molecule has 0 spiro atoms. The van der Waals surface area contributed by atoms with Crippen LogP contribution in [0.25, 0.3) is 0 Å². The van der Waals surface area contributed by atoms with E-state index >= 15 is 0 Å². The third kappa shape index (κ3) is 3.39. The molecule has 1 aliphatic heterocycles. The largest absolute Gasteiger partial charge is 0.367 e. The van der Waals surface area contributed by atoms with E-state index in [1.54, 1.807) is 11.8 Å². The molecule has 1 aromatic carbocycles. The van der Waals surface area contributed by atoms with Gasteiger partial charge in [-0.15, -0.1) is 0 Å². The van der Waals surface area contributed by atoms with Crippen molar-refractivity contribution in [2.45, 2.75) is 44.6 Å². The molecule has 0 unspecified atom stereocenters. The molecule has 2 N–H and O–H groups in total. The van der Waals surface area contributed by atoms with Crippen molar-refractivity contribution in [3.05, 3.63) is 34.9 Å². The SMILES string of the molecule is C[C@]1(C(N)=O)CN(C(=O)Cc2ccc3c(c2)CCCC3)CCO1. The second-order valence-electron chi connectivity index (χ2n) is 6.75. The van der Waals surface area contributed by atoms with Gasteiger partial charge in [0.15, 0.2) is 5.60 Å². The minimum Gasteiger partial charge on any atom is -0.367 e. The van der Waals surface area contributed by atoms with Gasteiger partial charge in [-0.2, -0.15) is 0 Å². The maximum atomic E-state index is 12.6. The number of carbonyl (C=O) groups is 2. The smallest absolute Gasteiger partial charge is 0.251 e. The third-order valence-electron chi connectivity index (χ3n) is 4.92. The van der Waals surface area contributed by atoms with Crippen LogP contribution in [0.1, 0.15) is 36.5 Å². The Hall–Kier alpha value is -1.88. The number of morpholine rings is 1. The molecule has 5 heteroatoms. The Morgan fingerprint density at radius 3 is 2.74 bits per heavy atom. The van der Waals surface area contributed by atoms with Crippen LogP contribution < -0.4 is 5.73 Å².